The van der Waals surface area contributed by atoms with E-state index < -0.39 is 11.9 Å². The van der Waals surface area contributed by atoms with E-state index in [2.05, 4.69) is 15.4 Å². The van der Waals surface area contributed by atoms with Gasteiger partial charge in [0.05, 0.1) is 26.9 Å². The van der Waals surface area contributed by atoms with Gasteiger partial charge in [-0.2, -0.15) is 4.98 Å². The molecule has 3 aromatic rings. The Morgan fingerprint density at radius 3 is 2.34 bits per heavy atom. The predicted octanol–water partition coefficient (Wildman–Crippen LogP) is 3.40. The van der Waals surface area contributed by atoms with Crippen molar-refractivity contribution in [1.82, 2.24) is 14.8 Å². The van der Waals surface area contributed by atoms with Crippen molar-refractivity contribution in [3.05, 3.63) is 58.3 Å². The van der Waals surface area contributed by atoms with E-state index in [1.807, 2.05) is 18.2 Å². The van der Waals surface area contributed by atoms with Gasteiger partial charge in [0.25, 0.3) is 0 Å². The molecule has 0 bridgehead atoms. The van der Waals surface area contributed by atoms with Crippen LogP contribution in [0.5, 0.6) is 17.2 Å². The maximum atomic E-state index is 12.4. The minimum atomic E-state index is -0.638. The van der Waals surface area contributed by atoms with E-state index >= 15 is 0 Å². The SMILES string of the molecule is COc1cc(-c2nc3n(n2)C(c2ccccc2Cl)C(C(N)=O)=C(C)N3)cc(OC)c1OC. The number of aromatic nitrogens is 3. The van der Waals surface area contributed by atoms with Crippen molar-refractivity contribution in [2.45, 2.75) is 13.0 Å². The van der Waals surface area contributed by atoms with Gasteiger partial charge in [0.2, 0.25) is 17.6 Å². The molecule has 3 N–H and O–H groups in total. The lowest BCUT2D eigenvalue weighted by Crippen LogP contribution is -2.32. The predicted molar refractivity (Wildman–Crippen MR) is 120 cm³/mol. The Morgan fingerprint density at radius 1 is 1.12 bits per heavy atom. The van der Waals surface area contributed by atoms with Crippen LogP contribution in [0.15, 0.2) is 47.7 Å². The molecule has 4 rings (SSSR count). The molecular formula is C22H22ClN5O4. The Labute approximate surface area is 189 Å². The topological polar surface area (TPSA) is 114 Å². The normalized spacial score (nSPS) is 15.1. The summed E-state index contributed by atoms with van der Waals surface area (Å²) in [7, 11) is 4.60. The molecule has 1 unspecified atom stereocenters. The molecular weight excluding hydrogens is 434 g/mol. The van der Waals surface area contributed by atoms with E-state index in [4.69, 9.17) is 31.5 Å². The van der Waals surface area contributed by atoms with Gasteiger partial charge in [0.1, 0.15) is 6.04 Å². The number of anilines is 1. The summed E-state index contributed by atoms with van der Waals surface area (Å²) in [6.07, 6.45) is 0. The molecule has 1 aliphatic rings. The molecule has 0 radical (unpaired) electrons. The zero-order chi connectivity index (χ0) is 23.0. The largest absolute Gasteiger partial charge is 0.493 e. The Hall–Kier alpha value is -3.72. The summed E-state index contributed by atoms with van der Waals surface area (Å²) >= 11 is 6.47. The monoisotopic (exact) mass is 455 g/mol. The lowest BCUT2D eigenvalue weighted by atomic mass is 9.95. The number of halogens is 1. The van der Waals surface area contributed by atoms with Crippen LogP contribution in [0.25, 0.3) is 11.4 Å². The van der Waals surface area contributed by atoms with Crippen LogP contribution < -0.4 is 25.3 Å². The first-order valence-corrected chi connectivity index (χ1v) is 10.1. The van der Waals surface area contributed by atoms with E-state index in [1.165, 1.54) is 21.3 Å². The first kappa shape index (κ1) is 21.5. The molecule has 166 valence electrons. The second kappa shape index (κ2) is 8.43. The number of rotatable bonds is 6. The third kappa shape index (κ3) is 3.50. The smallest absolute Gasteiger partial charge is 0.248 e. The summed E-state index contributed by atoms with van der Waals surface area (Å²) in [5, 5.41) is 8.29. The highest BCUT2D eigenvalue weighted by atomic mass is 35.5. The number of fused-ring (bicyclic) bond motifs is 1. The first-order chi connectivity index (χ1) is 15.4. The Kier molecular flexibility index (Phi) is 5.67. The number of carbonyl (C=O) groups excluding carboxylic acids is 1. The standard InChI is InChI=1S/C22H22ClN5O4/c1-11-17(20(24)29)18(13-7-5-6-8-14(13)23)28-22(25-11)26-21(27-28)12-9-15(30-2)19(32-4)16(10-12)31-3/h5-10,18H,1-4H3,(H2,24,29)(H,25,26,27). The number of allylic oxidation sites excluding steroid dienone is 1. The van der Waals surface area contributed by atoms with E-state index in [0.717, 1.165) is 0 Å². The van der Waals surface area contributed by atoms with Gasteiger partial charge in [-0.1, -0.05) is 29.8 Å². The third-order valence-electron chi connectivity index (χ3n) is 5.24. The van der Waals surface area contributed by atoms with Crippen molar-refractivity contribution < 1.29 is 19.0 Å². The van der Waals surface area contributed by atoms with Crippen molar-refractivity contribution in [3.63, 3.8) is 0 Å². The number of nitrogens with one attached hydrogen (secondary N) is 1. The van der Waals surface area contributed by atoms with Gasteiger partial charge >= 0.3 is 0 Å². The zero-order valence-electron chi connectivity index (χ0n) is 18.0. The molecule has 1 atom stereocenters. The summed E-state index contributed by atoms with van der Waals surface area (Å²) in [5.74, 6) is 1.66. The van der Waals surface area contributed by atoms with Gasteiger partial charge < -0.3 is 25.3 Å². The minimum absolute atomic E-state index is 0.354. The molecule has 0 fully saturated rings. The lowest BCUT2D eigenvalue weighted by Gasteiger charge is -2.28. The molecule has 2 heterocycles. The summed E-state index contributed by atoms with van der Waals surface area (Å²) in [6, 6.07) is 10.1. The Morgan fingerprint density at radius 2 is 1.78 bits per heavy atom. The highest BCUT2D eigenvalue weighted by molar-refractivity contribution is 6.31. The fraction of sp³-hybridized carbons (Fsp3) is 0.227. The molecule has 1 amide bonds. The van der Waals surface area contributed by atoms with Gasteiger partial charge in [-0.25, -0.2) is 4.68 Å². The molecule has 10 heteroatoms. The highest BCUT2D eigenvalue weighted by Crippen LogP contribution is 2.42. The molecule has 9 nitrogen and oxygen atoms in total. The highest BCUT2D eigenvalue weighted by Gasteiger charge is 2.34. The molecule has 1 aromatic heterocycles. The molecule has 1 aliphatic heterocycles. The average molecular weight is 456 g/mol. The van der Waals surface area contributed by atoms with Crippen LogP contribution in [0.4, 0.5) is 5.95 Å². The van der Waals surface area contributed by atoms with Crippen LogP contribution in [-0.2, 0) is 4.79 Å². The Balaban J connectivity index is 1.90. The second-order valence-electron chi connectivity index (χ2n) is 7.07. The van der Waals surface area contributed by atoms with Crippen LogP contribution in [-0.4, -0.2) is 42.0 Å². The molecule has 0 aliphatic carbocycles. The first-order valence-electron chi connectivity index (χ1n) is 9.68. The van der Waals surface area contributed by atoms with Crippen LogP contribution in [0.3, 0.4) is 0 Å². The van der Waals surface area contributed by atoms with E-state index in [-0.39, 0.29) is 0 Å². The van der Waals surface area contributed by atoms with Crippen molar-refractivity contribution in [2.75, 3.05) is 26.6 Å². The van der Waals surface area contributed by atoms with Gasteiger partial charge in [-0.05, 0) is 25.1 Å². The number of benzene rings is 2. The third-order valence-corrected chi connectivity index (χ3v) is 5.58. The van der Waals surface area contributed by atoms with Crippen molar-refractivity contribution in [1.29, 1.82) is 0 Å². The van der Waals surface area contributed by atoms with E-state index in [9.17, 15) is 4.79 Å². The van der Waals surface area contributed by atoms with Gasteiger partial charge in [-0.15, -0.1) is 5.10 Å². The number of nitrogens with zero attached hydrogens (tertiary/aromatic N) is 3. The average Bonchev–Trinajstić information content (AvgIpc) is 3.21. The summed E-state index contributed by atoms with van der Waals surface area (Å²) < 4.78 is 17.9. The van der Waals surface area contributed by atoms with E-state index in [1.54, 1.807) is 29.8 Å². The lowest BCUT2D eigenvalue weighted by molar-refractivity contribution is -0.115. The fourth-order valence-corrected chi connectivity index (χ4v) is 4.03. The maximum Gasteiger partial charge on any atom is 0.248 e. The number of ether oxygens (including phenoxy) is 3. The Bertz CT molecular complexity index is 1210. The summed E-state index contributed by atoms with van der Waals surface area (Å²) in [4.78, 5) is 17.0. The molecule has 0 saturated heterocycles. The van der Waals surface area contributed by atoms with Gasteiger partial charge in [-0.3, -0.25) is 4.79 Å². The number of hydrogen-bond acceptors (Lipinski definition) is 7. The molecule has 0 saturated carbocycles. The number of methoxy groups -OCH3 is 3. The zero-order valence-corrected chi connectivity index (χ0v) is 18.7. The fourth-order valence-electron chi connectivity index (χ4n) is 3.79. The summed E-state index contributed by atoms with van der Waals surface area (Å²) in [5.41, 5.74) is 7.99. The maximum absolute atomic E-state index is 12.4. The van der Waals surface area contributed by atoms with Crippen LogP contribution in [0.1, 0.15) is 18.5 Å². The number of primary amides is 1. The quantitative estimate of drug-likeness (QED) is 0.585. The molecule has 32 heavy (non-hydrogen) atoms. The van der Waals surface area contributed by atoms with Crippen LogP contribution in [0, 0.1) is 0 Å². The van der Waals surface area contributed by atoms with Crippen LogP contribution >= 0.6 is 11.6 Å². The number of carbonyl (C=O) groups is 1. The van der Waals surface area contributed by atoms with Gasteiger partial charge in [0.15, 0.2) is 17.3 Å². The van der Waals surface area contributed by atoms with E-state index in [0.29, 0.717) is 56.4 Å². The van der Waals surface area contributed by atoms with Crippen molar-refractivity contribution in [2.24, 2.45) is 5.73 Å². The molecule has 0 spiro atoms. The molecule has 2 aromatic carbocycles. The summed E-state index contributed by atoms with van der Waals surface area (Å²) in [6.45, 7) is 1.77. The second-order valence-corrected chi connectivity index (χ2v) is 7.48. The minimum Gasteiger partial charge on any atom is -0.493 e. The van der Waals surface area contributed by atoms with Crippen molar-refractivity contribution >= 4 is 23.5 Å². The van der Waals surface area contributed by atoms with Crippen molar-refractivity contribution in [3.8, 4) is 28.6 Å². The number of nitrogens with two attached hydrogens (primary N) is 1. The van der Waals surface area contributed by atoms with Crippen LogP contribution in [0.2, 0.25) is 5.02 Å². The number of hydrogen-bond donors (Lipinski definition) is 2. The van der Waals surface area contributed by atoms with Gasteiger partial charge in [0, 0.05) is 21.8 Å². The number of amides is 1.